The smallest absolute Gasteiger partial charge is 0.306 e. The number of esters is 1. The quantitative estimate of drug-likeness (QED) is 0.445. The summed E-state index contributed by atoms with van der Waals surface area (Å²) >= 11 is 1.69. The number of amides is 1. The number of carbonyl (C=O) groups is 2. The Morgan fingerprint density at radius 3 is 2.71 bits per heavy atom. The Morgan fingerprint density at radius 2 is 2.00 bits per heavy atom. The fraction of sp³-hybridized carbons (Fsp3) is 0.579. The van der Waals surface area contributed by atoms with E-state index in [1.54, 1.807) is 11.8 Å². The minimum absolute atomic E-state index is 0.157. The molecule has 2 saturated carbocycles. The normalized spacial score (nSPS) is 24.8. The van der Waals surface area contributed by atoms with Crippen LogP contribution in [0.1, 0.15) is 32.1 Å². The summed E-state index contributed by atoms with van der Waals surface area (Å²) in [6, 6.07) is 10.1. The highest BCUT2D eigenvalue weighted by molar-refractivity contribution is 7.99. The van der Waals surface area contributed by atoms with E-state index in [1.807, 2.05) is 30.3 Å². The Bertz CT molecular complexity index is 563. The van der Waals surface area contributed by atoms with Gasteiger partial charge in [0.15, 0.2) is 6.61 Å². The van der Waals surface area contributed by atoms with Crippen molar-refractivity contribution in [3.63, 3.8) is 0 Å². The van der Waals surface area contributed by atoms with Gasteiger partial charge in [-0.25, -0.2) is 0 Å². The van der Waals surface area contributed by atoms with Crippen molar-refractivity contribution in [3.05, 3.63) is 30.3 Å². The van der Waals surface area contributed by atoms with Gasteiger partial charge >= 0.3 is 5.97 Å². The Hall–Kier alpha value is -1.49. The van der Waals surface area contributed by atoms with Gasteiger partial charge in [-0.05, 0) is 49.1 Å². The summed E-state index contributed by atoms with van der Waals surface area (Å²) in [5, 5.41) is 2.79. The SMILES string of the molecule is O=C(COC(=O)C[C@H]1C[C@@H]2CC[C@@H]1C2)NCCSc1ccccc1. The van der Waals surface area contributed by atoms with Crippen LogP contribution in [0.4, 0.5) is 0 Å². The van der Waals surface area contributed by atoms with Crippen molar-refractivity contribution in [3.8, 4) is 0 Å². The highest BCUT2D eigenvalue weighted by Crippen LogP contribution is 2.49. The minimum Gasteiger partial charge on any atom is -0.456 e. The fourth-order valence-corrected chi connectivity index (χ4v) is 4.76. The van der Waals surface area contributed by atoms with Crippen molar-refractivity contribution >= 4 is 23.6 Å². The highest BCUT2D eigenvalue weighted by atomic mass is 32.2. The zero-order valence-electron chi connectivity index (χ0n) is 13.9. The summed E-state index contributed by atoms with van der Waals surface area (Å²) in [6.07, 6.45) is 5.54. The van der Waals surface area contributed by atoms with E-state index in [2.05, 4.69) is 5.32 Å². The molecule has 0 aromatic heterocycles. The number of thioether (sulfide) groups is 1. The minimum atomic E-state index is -0.221. The molecule has 2 bridgehead atoms. The summed E-state index contributed by atoms with van der Waals surface area (Å²) in [6.45, 7) is 0.415. The first-order chi connectivity index (χ1) is 11.7. The maximum atomic E-state index is 11.9. The van der Waals surface area contributed by atoms with Crippen molar-refractivity contribution in [1.82, 2.24) is 5.32 Å². The number of ether oxygens (including phenoxy) is 1. The average molecular weight is 347 g/mol. The van der Waals surface area contributed by atoms with Crippen LogP contribution in [0.2, 0.25) is 0 Å². The van der Waals surface area contributed by atoms with Crippen LogP contribution in [-0.4, -0.2) is 30.8 Å². The van der Waals surface area contributed by atoms with Crippen molar-refractivity contribution in [2.24, 2.45) is 17.8 Å². The molecule has 0 heterocycles. The molecule has 0 aliphatic heterocycles. The molecule has 130 valence electrons. The van der Waals surface area contributed by atoms with E-state index in [0.717, 1.165) is 11.7 Å². The monoisotopic (exact) mass is 347 g/mol. The van der Waals surface area contributed by atoms with Gasteiger partial charge in [-0.3, -0.25) is 9.59 Å². The lowest BCUT2D eigenvalue weighted by Crippen LogP contribution is -2.31. The van der Waals surface area contributed by atoms with Gasteiger partial charge in [0.25, 0.3) is 5.91 Å². The Morgan fingerprint density at radius 1 is 1.17 bits per heavy atom. The molecule has 5 heteroatoms. The van der Waals surface area contributed by atoms with Gasteiger partial charge in [0.1, 0.15) is 0 Å². The van der Waals surface area contributed by atoms with Gasteiger partial charge < -0.3 is 10.1 Å². The number of hydrogen-bond donors (Lipinski definition) is 1. The van der Waals surface area contributed by atoms with E-state index in [-0.39, 0.29) is 18.5 Å². The van der Waals surface area contributed by atoms with E-state index in [4.69, 9.17) is 4.74 Å². The second kappa shape index (κ2) is 8.56. The zero-order chi connectivity index (χ0) is 16.8. The van der Waals surface area contributed by atoms with Crippen molar-refractivity contribution in [2.75, 3.05) is 18.9 Å². The predicted octanol–water partition coefficient (Wildman–Crippen LogP) is 3.26. The lowest BCUT2D eigenvalue weighted by atomic mass is 9.86. The number of hydrogen-bond acceptors (Lipinski definition) is 4. The van der Waals surface area contributed by atoms with Gasteiger partial charge in [0.2, 0.25) is 0 Å². The summed E-state index contributed by atoms with van der Waals surface area (Å²) in [5.41, 5.74) is 0. The van der Waals surface area contributed by atoms with E-state index in [0.29, 0.717) is 24.8 Å². The maximum Gasteiger partial charge on any atom is 0.306 e. The Labute approximate surface area is 147 Å². The van der Waals surface area contributed by atoms with Crippen LogP contribution >= 0.6 is 11.8 Å². The third-order valence-electron chi connectivity index (χ3n) is 5.11. The van der Waals surface area contributed by atoms with E-state index in [1.165, 1.54) is 30.6 Å². The molecule has 1 aromatic rings. The zero-order valence-corrected chi connectivity index (χ0v) is 14.7. The molecule has 0 unspecified atom stereocenters. The summed E-state index contributed by atoms with van der Waals surface area (Å²) in [5.74, 6) is 2.40. The second-order valence-corrected chi connectivity index (χ2v) is 7.98. The first-order valence-corrected chi connectivity index (χ1v) is 9.79. The van der Waals surface area contributed by atoms with Gasteiger partial charge in [-0.2, -0.15) is 0 Å². The molecule has 0 radical (unpaired) electrons. The third-order valence-corrected chi connectivity index (χ3v) is 6.13. The van der Waals surface area contributed by atoms with E-state index >= 15 is 0 Å². The van der Waals surface area contributed by atoms with Crippen LogP contribution in [0.5, 0.6) is 0 Å². The molecule has 4 nitrogen and oxygen atoms in total. The number of nitrogens with one attached hydrogen (secondary N) is 1. The van der Waals surface area contributed by atoms with Crippen LogP contribution < -0.4 is 5.32 Å². The van der Waals surface area contributed by atoms with Crippen molar-refractivity contribution in [2.45, 2.75) is 37.0 Å². The molecule has 0 spiro atoms. The molecule has 2 fully saturated rings. The summed E-state index contributed by atoms with van der Waals surface area (Å²) in [7, 11) is 0. The van der Waals surface area contributed by atoms with Crippen LogP contribution in [0.3, 0.4) is 0 Å². The van der Waals surface area contributed by atoms with Gasteiger partial charge in [-0.1, -0.05) is 24.6 Å². The molecular weight excluding hydrogens is 322 g/mol. The number of carbonyl (C=O) groups excluding carboxylic acids is 2. The van der Waals surface area contributed by atoms with E-state index in [9.17, 15) is 9.59 Å². The molecule has 0 saturated heterocycles. The molecule has 1 amide bonds. The summed E-state index contributed by atoms with van der Waals surface area (Å²) < 4.78 is 5.13. The first kappa shape index (κ1) is 17.3. The lowest BCUT2D eigenvalue weighted by molar-refractivity contribution is -0.149. The molecule has 2 aliphatic carbocycles. The first-order valence-electron chi connectivity index (χ1n) is 8.81. The highest BCUT2D eigenvalue weighted by Gasteiger charge is 2.40. The fourth-order valence-electron chi connectivity index (χ4n) is 3.97. The average Bonchev–Trinajstić information content (AvgIpc) is 3.21. The maximum absolute atomic E-state index is 11.9. The largest absolute Gasteiger partial charge is 0.456 e. The molecule has 2 aliphatic rings. The van der Waals surface area contributed by atoms with Crippen molar-refractivity contribution in [1.29, 1.82) is 0 Å². The van der Waals surface area contributed by atoms with Crippen molar-refractivity contribution < 1.29 is 14.3 Å². The molecule has 3 rings (SSSR count). The van der Waals surface area contributed by atoms with Gasteiger partial charge in [-0.15, -0.1) is 11.8 Å². The molecular formula is C19H25NO3S. The van der Waals surface area contributed by atoms with Gasteiger partial charge in [0.05, 0.1) is 0 Å². The number of benzene rings is 1. The van der Waals surface area contributed by atoms with Gasteiger partial charge in [0, 0.05) is 23.6 Å². The lowest BCUT2D eigenvalue weighted by Gasteiger charge is -2.20. The number of fused-ring (bicyclic) bond motifs is 2. The molecule has 3 atom stereocenters. The van der Waals surface area contributed by atoms with Crippen LogP contribution in [0.25, 0.3) is 0 Å². The summed E-state index contributed by atoms with van der Waals surface area (Å²) in [4.78, 5) is 24.8. The van der Waals surface area contributed by atoms with Crippen LogP contribution in [0, 0.1) is 17.8 Å². The second-order valence-electron chi connectivity index (χ2n) is 6.81. The number of rotatable bonds is 8. The Balaban J connectivity index is 1.25. The van der Waals surface area contributed by atoms with Crippen LogP contribution in [0.15, 0.2) is 35.2 Å². The molecule has 24 heavy (non-hydrogen) atoms. The Kier molecular flexibility index (Phi) is 6.18. The topological polar surface area (TPSA) is 55.4 Å². The molecule has 1 aromatic carbocycles. The predicted molar refractivity (Wildman–Crippen MR) is 94.7 cm³/mol. The standard InChI is InChI=1S/C19H25NO3S/c21-18(20-8-9-24-17-4-2-1-3-5-17)13-23-19(22)12-16-11-14-6-7-15(16)10-14/h1-5,14-16H,6-13H2,(H,20,21)/t14-,15-,16-/m1/s1. The van der Waals surface area contributed by atoms with Crippen LogP contribution in [-0.2, 0) is 14.3 Å². The van der Waals surface area contributed by atoms with E-state index < -0.39 is 0 Å². The molecule has 1 N–H and O–H groups in total. The third kappa shape index (κ3) is 5.00.